The number of nitrogens with zero attached hydrogens (tertiary/aromatic N) is 2. The number of nitrogens with two attached hydrogens (primary N) is 2. The summed E-state index contributed by atoms with van der Waals surface area (Å²) in [5.41, 5.74) is 11.6. The summed E-state index contributed by atoms with van der Waals surface area (Å²) in [5.74, 6) is 0.878. The van der Waals surface area contributed by atoms with Gasteiger partial charge in [0.05, 0.1) is 0 Å². The van der Waals surface area contributed by atoms with E-state index in [0.29, 0.717) is 23.9 Å². The second kappa shape index (κ2) is 5.23. The summed E-state index contributed by atoms with van der Waals surface area (Å²) in [6, 6.07) is 0. The predicted octanol–water partition coefficient (Wildman–Crippen LogP) is 0.0894. The predicted molar refractivity (Wildman–Crippen MR) is 55.8 cm³/mol. The first-order valence-electron chi connectivity index (χ1n) is 4.34. The van der Waals surface area contributed by atoms with Crippen LogP contribution in [0.2, 0.25) is 0 Å². The van der Waals surface area contributed by atoms with E-state index in [-0.39, 0.29) is 0 Å². The first-order valence-corrected chi connectivity index (χ1v) is 4.34. The fraction of sp³-hybridized carbons (Fsp3) is 0.500. The van der Waals surface area contributed by atoms with Gasteiger partial charge in [-0.3, -0.25) is 0 Å². The molecule has 5 N–H and O–H groups in total. The van der Waals surface area contributed by atoms with Crippen molar-refractivity contribution in [2.45, 2.75) is 6.42 Å². The van der Waals surface area contributed by atoms with Crippen LogP contribution >= 0.6 is 0 Å². The van der Waals surface area contributed by atoms with Crippen LogP contribution in [0.3, 0.4) is 0 Å². The minimum Gasteiger partial charge on any atom is -0.393 e. The Labute approximate surface area is 82.7 Å². The standard InChI is InChI=1S/C8H15N5O/c1-14-4-2-3-11-8-6(9)7(10)12-5-13-8/h5H,2-4,9H2,1H3,(H3,10,11,12,13). The largest absolute Gasteiger partial charge is 0.393 e. The Hall–Kier alpha value is -1.56. The Morgan fingerprint density at radius 3 is 2.93 bits per heavy atom. The van der Waals surface area contributed by atoms with Crippen molar-refractivity contribution in [2.75, 3.05) is 37.0 Å². The number of aromatic nitrogens is 2. The molecule has 0 atom stereocenters. The lowest BCUT2D eigenvalue weighted by Gasteiger charge is -2.08. The highest BCUT2D eigenvalue weighted by Crippen LogP contribution is 2.18. The zero-order valence-electron chi connectivity index (χ0n) is 8.16. The Morgan fingerprint density at radius 1 is 1.43 bits per heavy atom. The van der Waals surface area contributed by atoms with Crippen molar-refractivity contribution in [3.8, 4) is 0 Å². The highest BCUT2D eigenvalue weighted by Gasteiger charge is 2.03. The van der Waals surface area contributed by atoms with Crippen molar-refractivity contribution in [1.29, 1.82) is 0 Å². The molecule has 78 valence electrons. The monoisotopic (exact) mass is 197 g/mol. The summed E-state index contributed by atoms with van der Waals surface area (Å²) in [7, 11) is 1.66. The molecule has 0 bridgehead atoms. The normalized spacial score (nSPS) is 10.1. The Bertz CT molecular complexity index is 291. The van der Waals surface area contributed by atoms with Crippen LogP contribution in [0.4, 0.5) is 17.3 Å². The van der Waals surface area contributed by atoms with Gasteiger partial charge in [-0.25, -0.2) is 9.97 Å². The summed E-state index contributed by atoms with van der Waals surface area (Å²) in [6.07, 6.45) is 2.27. The molecule has 0 aliphatic carbocycles. The molecule has 0 saturated heterocycles. The first-order chi connectivity index (χ1) is 6.75. The molecule has 0 saturated carbocycles. The molecule has 0 unspecified atom stereocenters. The summed E-state index contributed by atoms with van der Waals surface area (Å²) >= 11 is 0. The molecule has 6 nitrogen and oxygen atoms in total. The van der Waals surface area contributed by atoms with Crippen LogP contribution in [0.25, 0.3) is 0 Å². The van der Waals surface area contributed by atoms with E-state index in [0.717, 1.165) is 13.0 Å². The summed E-state index contributed by atoms with van der Waals surface area (Å²) in [4.78, 5) is 7.73. The molecule has 1 heterocycles. The van der Waals surface area contributed by atoms with E-state index >= 15 is 0 Å². The third-order valence-electron chi connectivity index (χ3n) is 1.73. The third-order valence-corrected chi connectivity index (χ3v) is 1.73. The molecular formula is C8H15N5O. The molecule has 0 aromatic carbocycles. The third kappa shape index (κ3) is 2.74. The van der Waals surface area contributed by atoms with Crippen LogP contribution < -0.4 is 16.8 Å². The van der Waals surface area contributed by atoms with Crippen LogP contribution in [-0.4, -0.2) is 30.2 Å². The molecule has 0 amide bonds. The number of nitrogens with one attached hydrogen (secondary N) is 1. The number of hydrogen-bond donors (Lipinski definition) is 3. The van der Waals surface area contributed by atoms with Crippen molar-refractivity contribution < 1.29 is 4.74 Å². The second-order valence-electron chi connectivity index (χ2n) is 2.79. The van der Waals surface area contributed by atoms with Gasteiger partial charge in [0.2, 0.25) is 0 Å². The van der Waals surface area contributed by atoms with E-state index in [9.17, 15) is 0 Å². The SMILES string of the molecule is COCCCNc1ncnc(N)c1N. The van der Waals surface area contributed by atoms with Gasteiger partial charge in [-0.05, 0) is 6.42 Å². The summed E-state index contributed by atoms with van der Waals surface area (Å²) < 4.78 is 4.91. The number of nitrogen functional groups attached to an aromatic ring is 2. The van der Waals surface area contributed by atoms with Gasteiger partial charge < -0.3 is 21.5 Å². The second-order valence-corrected chi connectivity index (χ2v) is 2.79. The van der Waals surface area contributed by atoms with Gasteiger partial charge in [0.1, 0.15) is 12.0 Å². The van der Waals surface area contributed by atoms with Gasteiger partial charge in [-0.15, -0.1) is 0 Å². The molecule has 0 radical (unpaired) electrons. The molecule has 1 rings (SSSR count). The number of methoxy groups -OCH3 is 1. The first kappa shape index (κ1) is 10.5. The lowest BCUT2D eigenvalue weighted by Crippen LogP contribution is -2.10. The molecule has 0 fully saturated rings. The van der Waals surface area contributed by atoms with Crippen molar-refractivity contribution >= 4 is 17.3 Å². The topological polar surface area (TPSA) is 99.1 Å². The minimum absolute atomic E-state index is 0.300. The Balaban J connectivity index is 2.46. The number of hydrogen-bond acceptors (Lipinski definition) is 6. The zero-order chi connectivity index (χ0) is 10.4. The smallest absolute Gasteiger partial charge is 0.154 e. The van der Waals surface area contributed by atoms with Crippen LogP contribution in [0.1, 0.15) is 6.42 Å². The fourth-order valence-corrected chi connectivity index (χ4v) is 0.973. The average molecular weight is 197 g/mol. The molecule has 1 aromatic rings. The van der Waals surface area contributed by atoms with Crippen molar-refractivity contribution in [3.05, 3.63) is 6.33 Å². The zero-order valence-corrected chi connectivity index (χ0v) is 8.16. The van der Waals surface area contributed by atoms with E-state index in [1.165, 1.54) is 6.33 Å². The Morgan fingerprint density at radius 2 is 2.21 bits per heavy atom. The van der Waals surface area contributed by atoms with E-state index in [4.69, 9.17) is 16.2 Å². The molecule has 0 aliphatic heterocycles. The highest BCUT2D eigenvalue weighted by molar-refractivity contribution is 5.71. The van der Waals surface area contributed by atoms with Gasteiger partial charge in [0.15, 0.2) is 11.6 Å². The van der Waals surface area contributed by atoms with Crippen molar-refractivity contribution in [2.24, 2.45) is 0 Å². The maximum atomic E-state index is 5.65. The maximum Gasteiger partial charge on any atom is 0.154 e. The van der Waals surface area contributed by atoms with Crippen molar-refractivity contribution in [3.63, 3.8) is 0 Å². The summed E-state index contributed by atoms with van der Waals surface area (Å²) in [5, 5.41) is 3.05. The van der Waals surface area contributed by atoms with E-state index in [1.807, 2.05) is 0 Å². The van der Waals surface area contributed by atoms with E-state index in [2.05, 4.69) is 15.3 Å². The minimum atomic E-state index is 0.300. The lowest BCUT2D eigenvalue weighted by atomic mass is 10.4. The quantitative estimate of drug-likeness (QED) is 0.578. The Kier molecular flexibility index (Phi) is 3.93. The van der Waals surface area contributed by atoms with Gasteiger partial charge in [0, 0.05) is 20.3 Å². The van der Waals surface area contributed by atoms with Gasteiger partial charge in [-0.2, -0.15) is 0 Å². The molecule has 6 heteroatoms. The molecule has 14 heavy (non-hydrogen) atoms. The summed E-state index contributed by atoms with van der Waals surface area (Å²) in [6.45, 7) is 1.45. The van der Waals surface area contributed by atoms with Crippen LogP contribution in [-0.2, 0) is 4.74 Å². The highest BCUT2D eigenvalue weighted by atomic mass is 16.5. The fourth-order valence-electron chi connectivity index (χ4n) is 0.973. The van der Waals surface area contributed by atoms with Gasteiger partial charge >= 0.3 is 0 Å². The van der Waals surface area contributed by atoms with Crippen molar-refractivity contribution in [1.82, 2.24) is 9.97 Å². The van der Waals surface area contributed by atoms with E-state index < -0.39 is 0 Å². The van der Waals surface area contributed by atoms with Crippen LogP contribution in [0.15, 0.2) is 6.33 Å². The lowest BCUT2D eigenvalue weighted by molar-refractivity contribution is 0.198. The van der Waals surface area contributed by atoms with Gasteiger partial charge in [0.25, 0.3) is 0 Å². The maximum absolute atomic E-state index is 5.65. The molecule has 0 spiro atoms. The number of anilines is 3. The number of ether oxygens (including phenoxy) is 1. The van der Waals surface area contributed by atoms with Crippen LogP contribution in [0.5, 0.6) is 0 Å². The average Bonchev–Trinajstić information content (AvgIpc) is 2.19. The molecule has 0 aliphatic rings. The van der Waals surface area contributed by atoms with Crippen LogP contribution in [0, 0.1) is 0 Å². The molecule has 1 aromatic heterocycles. The van der Waals surface area contributed by atoms with E-state index in [1.54, 1.807) is 7.11 Å². The number of rotatable bonds is 5. The molecular weight excluding hydrogens is 182 g/mol. The van der Waals surface area contributed by atoms with Gasteiger partial charge in [-0.1, -0.05) is 0 Å².